The van der Waals surface area contributed by atoms with Crippen molar-refractivity contribution in [1.29, 1.82) is 0 Å². The van der Waals surface area contributed by atoms with Crippen molar-refractivity contribution in [3.8, 4) is 23.0 Å². The van der Waals surface area contributed by atoms with Gasteiger partial charge in [-0.05, 0) is 41.3 Å². The van der Waals surface area contributed by atoms with E-state index in [9.17, 15) is 19.7 Å². The number of nitrogens with zero attached hydrogens (tertiary/aromatic N) is 1. The van der Waals surface area contributed by atoms with Crippen LogP contribution in [0.5, 0.6) is 0 Å². The molecule has 0 heterocycles. The van der Waals surface area contributed by atoms with Crippen LogP contribution in [0.1, 0.15) is 46.3 Å². The summed E-state index contributed by atoms with van der Waals surface area (Å²) in [6, 6.07) is 20.2. The van der Waals surface area contributed by atoms with Crippen molar-refractivity contribution in [2.45, 2.75) is 19.3 Å². The normalized spacial score (nSPS) is 11.5. The van der Waals surface area contributed by atoms with Crippen molar-refractivity contribution in [2.75, 3.05) is 19.8 Å². The number of nitro groups is 1. The number of rotatable bonds is 7. The summed E-state index contributed by atoms with van der Waals surface area (Å²) >= 11 is 0. The van der Waals surface area contributed by atoms with E-state index in [0.717, 1.165) is 28.3 Å². The summed E-state index contributed by atoms with van der Waals surface area (Å²) in [6.45, 7) is 2.26. The van der Waals surface area contributed by atoms with E-state index in [1.165, 1.54) is 12.1 Å². The molecule has 36 heavy (non-hydrogen) atoms. The molecule has 8 nitrogen and oxygen atoms in total. The standard InChI is InChI=1S/C28H24N2O6/c1-2-35-27(31)20-15-14-19(26(17-20)30(33)34)9-7-8-16-29-28(32)36-18-25-23-12-5-3-10-21(23)22-11-4-6-13-24(22)25/h3-6,10-15,17,25H,2,8,16,18H2,1H3,(H,29,32). The molecular weight excluding hydrogens is 460 g/mol. The summed E-state index contributed by atoms with van der Waals surface area (Å²) in [5, 5.41) is 14.0. The Morgan fingerprint density at radius 2 is 1.67 bits per heavy atom. The quantitative estimate of drug-likeness (QED) is 0.165. The number of hydrogen-bond donors (Lipinski definition) is 1. The van der Waals surface area contributed by atoms with Crippen molar-refractivity contribution >= 4 is 17.7 Å². The molecule has 0 atom stereocenters. The Labute approximate surface area is 208 Å². The lowest BCUT2D eigenvalue weighted by molar-refractivity contribution is -0.385. The summed E-state index contributed by atoms with van der Waals surface area (Å²) in [7, 11) is 0. The molecule has 0 aliphatic heterocycles. The zero-order valence-corrected chi connectivity index (χ0v) is 19.7. The molecular formula is C28H24N2O6. The molecule has 0 radical (unpaired) electrons. The molecule has 0 bridgehead atoms. The maximum Gasteiger partial charge on any atom is 0.407 e. The Balaban J connectivity index is 1.30. The van der Waals surface area contributed by atoms with E-state index >= 15 is 0 Å². The van der Waals surface area contributed by atoms with Gasteiger partial charge in [0.1, 0.15) is 12.2 Å². The van der Waals surface area contributed by atoms with Crippen LogP contribution in [0.2, 0.25) is 0 Å². The fourth-order valence-electron chi connectivity index (χ4n) is 4.16. The van der Waals surface area contributed by atoms with E-state index in [0.29, 0.717) is 0 Å². The fourth-order valence-corrected chi connectivity index (χ4v) is 4.16. The number of ether oxygens (including phenoxy) is 2. The number of hydrogen-bond acceptors (Lipinski definition) is 6. The summed E-state index contributed by atoms with van der Waals surface area (Å²) in [5.41, 5.74) is 4.56. The van der Waals surface area contributed by atoms with Gasteiger partial charge < -0.3 is 14.8 Å². The molecule has 1 N–H and O–H groups in total. The summed E-state index contributed by atoms with van der Waals surface area (Å²) in [6.07, 6.45) is -0.288. The second-order valence-corrected chi connectivity index (χ2v) is 8.01. The van der Waals surface area contributed by atoms with Crippen molar-refractivity contribution in [1.82, 2.24) is 5.32 Å². The highest BCUT2D eigenvalue weighted by Gasteiger charge is 2.28. The molecule has 0 unspecified atom stereocenters. The van der Waals surface area contributed by atoms with Crippen LogP contribution in [0.3, 0.4) is 0 Å². The minimum absolute atomic E-state index is 0.0268. The average molecular weight is 485 g/mol. The van der Waals surface area contributed by atoms with E-state index in [-0.39, 0.29) is 48.9 Å². The molecule has 4 rings (SSSR count). The van der Waals surface area contributed by atoms with Crippen molar-refractivity contribution < 1.29 is 24.0 Å². The van der Waals surface area contributed by atoms with Gasteiger partial charge in [-0.2, -0.15) is 0 Å². The van der Waals surface area contributed by atoms with Gasteiger partial charge in [0.05, 0.1) is 17.1 Å². The molecule has 3 aromatic carbocycles. The van der Waals surface area contributed by atoms with Gasteiger partial charge in [0.25, 0.3) is 5.69 Å². The maximum atomic E-state index is 12.2. The van der Waals surface area contributed by atoms with E-state index in [4.69, 9.17) is 9.47 Å². The van der Waals surface area contributed by atoms with Crippen LogP contribution >= 0.6 is 0 Å². The molecule has 1 aliphatic carbocycles. The van der Waals surface area contributed by atoms with Gasteiger partial charge in [0, 0.05) is 24.9 Å². The third kappa shape index (κ3) is 5.36. The van der Waals surface area contributed by atoms with E-state index in [1.807, 2.05) is 24.3 Å². The highest BCUT2D eigenvalue weighted by Crippen LogP contribution is 2.44. The largest absolute Gasteiger partial charge is 0.462 e. The van der Waals surface area contributed by atoms with Crippen molar-refractivity contribution in [2.24, 2.45) is 0 Å². The lowest BCUT2D eigenvalue weighted by atomic mass is 9.98. The van der Waals surface area contributed by atoms with Crippen LogP contribution in [0, 0.1) is 22.0 Å². The van der Waals surface area contributed by atoms with E-state index < -0.39 is 17.0 Å². The van der Waals surface area contributed by atoms with E-state index in [1.54, 1.807) is 6.92 Å². The fraction of sp³-hybridized carbons (Fsp3) is 0.214. The molecule has 1 amide bonds. The molecule has 1 aliphatic rings. The van der Waals surface area contributed by atoms with Crippen molar-refractivity contribution in [3.05, 3.63) is 99.1 Å². The van der Waals surface area contributed by atoms with Crippen LogP contribution < -0.4 is 5.32 Å². The molecule has 182 valence electrons. The van der Waals surface area contributed by atoms with Gasteiger partial charge in [-0.3, -0.25) is 10.1 Å². The molecule has 8 heteroatoms. The Bertz CT molecular complexity index is 1330. The number of fused-ring (bicyclic) bond motifs is 3. The van der Waals surface area contributed by atoms with Gasteiger partial charge in [-0.1, -0.05) is 60.4 Å². The first-order valence-corrected chi connectivity index (χ1v) is 11.5. The first-order chi connectivity index (χ1) is 17.5. The van der Waals surface area contributed by atoms with Gasteiger partial charge in [-0.15, -0.1) is 0 Å². The summed E-state index contributed by atoms with van der Waals surface area (Å²) in [5.74, 6) is 4.88. The van der Waals surface area contributed by atoms with Gasteiger partial charge in [-0.25, -0.2) is 9.59 Å². The Morgan fingerprint density at radius 1 is 1.00 bits per heavy atom. The zero-order chi connectivity index (χ0) is 25.5. The highest BCUT2D eigenvalue weighted by molar-refractivity contribution is 5.90. The SMILES string of the molecule is CCOC(=O)c1ccc(C#CCCNC(=O)OCC2c3ccccc3-c3ccccc32)c([N+](=O)[O-])c1. The predicted molar refractivity (Wildman–Crippen MR) is 134 cm³/mol. The van der Waals surface area contributed by atoms with Crippen LogP contribution in [-0.4, -0.2) is 36.7 Å². The second-order valence-electron chi connectivity index (χ2n) is 8.01. The maximum absolute atomic E-state index is 12.2. The van der Waals surface area contributed by atoms with Crippen LogP contribution in [0.4, 0.5) is 10.5 Å². The Morgan fingerprint density at radius 3 is 2.31 bits per heavy atom. The number of esters is 1. The van der Waals surface area contributed by atoms with Crippen LogP contribution in [0.15, 0.2) is 66.7 Å². The minimum Gasteiger partial charge on any atom is -0.462 e. The minimum atomic E-state index is -0.632. The molecule has 0 fully saturated rings. The Hall–Kier alpha value is -4.64. The summed E-state index contributed by atoms with van der Waals surface area (Å²) < 4.78 is 10.4. The predicted octanol–water partition coefficient (Wildman–Crippen LogP) is 5.05. The number of alkyl carbamates (subject to hydrolysis) is 1. The van der Waals surface area contributed by atoms with Gasteiger partial charge >= 0.3 is 12.1 Å². The molecule has 3 aromatic rings. The molecule has 0 saturated carbocycles. The van der Waals surface area contributed by atoms with E-state index in [2.05, 4.69) is 41.4 Å². The average Bonchev–Trinajstić information content (AvgIpc) is 3.21. The number of nitro benzene ring substituents is 1. The molecule has 0 saturated heterocycles. The van der Waals surface area contributed by atoms with Crippen LogP contribution in [0.25, 0.3) is 11.1 Å². The number of amides is 1. The lowest BCUT2D eigenvalue weighted by Gasteiger charge is -2.14. The first kappa shape index (κ1) is 24.5. The first-order valence-electron chi connectivity index (χ1n) is 11.5. The number of carbonyl (C=O) groups is 2. The van der Waals surface area contributed by atoms with Gasteiger partial charge in [0.15, 0.2) is 0 Å². The van der Waals surface area contributed by atoms with Gasteiger partial charge in [0.2, 0.25) is 0 Å². The third-order valence-corrected chi connectivity index (χ3v) is 5.79. The number of benzene rings is 3. The second kappa shape index (κ2) is 11.2. The van der Waals surface area contributed by atoms with Crippen LogP contribution in [-0.2, 0) is 9.47 Å². The summed E-state index contributed by atoms with van der Waals surface area (Å²) in [4.78, 5) is 34.8. The lowest BCUT2D eigenvalue weighted by Crippen LogP contribution is -2.26. The number of nitrogens with one attached hydrogen (secondary N) is 1. The zero-order valence-electron chi connectivity index (χ0n) is 19.7. The monoisotopic (exact) mass is 484 g/mol. The molecule has 0 spiro atoms. The Kier molecular flexibility index (Phi) is 7.61. The topological polar surface area (TPSA) is 108 Å². The van der Waals surface area contributed by atoms with Crippen molar-refractivity contribution in [3.63, 3.8) is 0 Å². The molecule has 0 aromatic heterocycles. The smallest absolute Gasteiger partial charge is 0.407 e. The number of carbonyl (C=O) groups excluding carboxylic acids is 2. The highest BCUT2D eigenvalue weighted by atomic mass is 16.6. The third-order valence-electron chi connectivity index (χ3n) is 5.79.